The van der Waals surface area contributed by atoms with Gasteiger partial charge in [-0.05, 0) is 18.1 Å². The number of carboxylic acid groups (broad SMARTS) is 1. The first-order valence-electron chi connectivity index (χ1n) is 8.77. The van der Waals surface area contributed by atoms with E-state index < -0.39 is 17.9 Å². The highest BCUT2D eigenvalue weighted by Gasteiger charge is 2.39. The van der Waals surface area contributed by atoms with Crippen molar-refractivity contribution < 1.29 is 14.7 Å². The Balaban J connectivity index is 1.64. The predicted molar refractivity (Wildman–Crippen MR) is 95.6 cm³/mol. The highest BCUT2D eigenvalue weighted by Crippen LogP contribution is 2.30. The van der Waals surface area contributed by atoms with Gasteiger partial charge in [-0.3, -0.25) is 9.59 Å². The summed E-state index contributed by atoms with van der Waals surface area (Å²) in [7, 11) is 0. The number of pyridine rings is 1. The van der Waals surface area contributed by atoms with E-state index in [-0.39, 0.29) is 17.5 Å². The van der Waals surface area contributed by atoms with Crippen LogP contribution in [0.3, 0.4) is 0 Å². The fourth-order valence-electron chi connectivity index (χ4n) is 4.21. The zero-order chi connectivity index (χ0) is 18.7. The second kappa shape index (κ2) is 5.54. The van der Waals surface area contributed by atoms with Crippen LogP contribution in [0.4, 0.5) is 0 Å². The number of aromatic nitrogens is 3. The van der Waals surface area contributed by atoms with E-state index in [0.717, 1.165) is 17.5 Å². The molecule has 1 atom stereocenters. The molecule has 2 N–H and O–H groups in total. The van der Waals surface area contributed by atoms with E-state index >= 15 is 0 Å². The fourth-order valence-corrected chi connectivity index (χ4v) is 4.21. The third kappa shape index (κ3) is 2.16. The van der Waals surface area contributed by atoms with E-state index in [4.69, 9.17) is 0 Å². The number of hydrogen-bond donors (Lipinski definition) is 2. The van der Waals surface area contributed by atoms with Crippen molar-refractivity contribution in [3.63, 3.8) is 0 Å². The van der Waals surface area contributed by atoms with Crippen molar-refractivity contribution in [1.29, 1.82) is 0 Å². The van der Waals surface area contributed by atoms with Crippen LogP contribution in [0.15, 0.2) is 35.5 Å². The molecule has 0 bridgehead atoms. The number of carbonyl (C=O) groups excluding carboxylic acids is 1. The first-order valence-corrected chi connectivity index (χ1v) is 8.77. The first kappa shape index (κ1) is 15.8. The molecule has 0 saturated carbocycles. The van der Waals surface area contributed by atoms with E-state index in [0.29, 0.717) is 29.7 Å². The normalized spacial score (nSPS) is 17.9. The number of aliphatic carboxylic acids is 1. The van der Waals surface area contributed by atoms with Crippen LogP contribution in [0.1, 0.15) is 33.4 Å². The van der Waals surface area contributed by atoms with Crippen molar-refractivity contribution in [3.05, 3.63) is 63.5 Å². The Morgan fingerprint density at radius 1 is 1.22 bits per heavy atom. The smallest absolute Gasteiger partial charge is 0.332 e. The summed E-state index contributed by atoms with van der Waals surface area (Å²) in [4.78, 5) is 46.3. The maximum Gasteiger partial charge on any atom is 0.332 e. The Morgan fingerprint density at radius 2 is 2.07 bits per heavy atom. The van der Waals surface area contributed by atoms with E-state index in [1.165, 1.54) is 11.2 Å². The van der Waals surface area contributed by atoms with Gasteiger partial charge in [0.1, 0.15) is 5.56 Å². The van der Waals surface area contributed by atoms with Crippen LogP contribution >= 0.6 is 0 Å². The average molecular weight is 364 g/mol. The third-order valence-corrected chi connectivity index (χ3v) is 5.45. The van der Waals surface area contributed by atoms with Crippen LogP contribution in [0.25, 0.3) is 10.9 Å². The Kier molecular flexibility index (Phi) is 3.24. The number of imidazole rings is 1. The summed E-state index contributed by atoms with van der Waals surface area (Å²) in [6.07, 6.45) is 4.29. The molecule has 8 nitrogen and oxygen atoms in total. The molecular formula is C19H16N4O4. The molecule has 2 aliphatic rings. The monoisotopic (exact) mass is 364 g/mol. The molecule has 1 amide bonds. The number of nitrogens with one attached hydrogen (secondary N) is 1. The Bertz CT molecular complexity index is 1180. The summed E-state index contributed by atoms with van der Waals surface area (Å²) in [6.45, 7) is 0.908. The van der Waals surface area contributed by atoms with Crippen molar-refractivity contribution in [2.24, 2.45) is 0 Å². The second-order valence-electron chi connectivity index (χ2n) is 6.88. The third-order valence-electron chi connectivity index (χ3n) is 5.45. The molecule has 2 aliphatic heterocycles. The van der Waals surface area contributed by atoms with Crippen LogP contribution in [0.2, 0.25) is 0 Å². The molecule has 0 aliphatic carbocycles. The lowest BCUT2D eigenvalue weighted by Crippen LogP contribution is -2.45. The minimum absolute atomic E-state index is 0.00628. The number of carboxylic acids is 1. The molecule has 2 aromatic heterocycles. The Hall–Kier alpha value is -3.42. The first-order chi connectivity index (χ1) is 13.1. The summed E-state index contributed by atoms with van der Waals surface area (Å²) < 4.78 is 1.92. The van der Waals surface area contributed by atoms with Gasteiger partial charge in [0.15, 0.2) is 6.04 Å². The highest BCUT2D eigenvalue weighted by molar-refractivity contribution is 6.00. The van der Waals surface area contributed by atoms with Gasteiger partial charge >= 0.3 is 5.97 Å². The number of rotatable bonds is 2. The molecule has 5 rings (SSSR count). The summed E-state index contributed by atoms with van der Waals surface area (Å²) in [6, 6.07) is 4.32. The summed E-state index contributed by atoms with van der Waals surface area (Å²) >= 11 is 0. The lowest BCUT2D eigenvalue weighted by molar-refractivity contribution is -0.143. The highest BCUT2D eigenvalue weighted by atomic mass is 16.4. The number of benzene rings is 1. The number of aromatic amines is 1. The van der Waals surface area contributed by atoms with Crippen molar-refractivity contribution in [1.82, 2.24) is 19.4 Å². The predicted octanol–water partition coefficient (Wildman–Crippen LogP) is 1.10. The van der Waals surface area contributed by atoms with Crippen molar-refractivity contribution in [2.45, 2.75) is 25.4 Å². The molecule has 136 valence electrons. The van der Waals surface area contributed by atoms with E-state index in [2.05, 4.69) is 9.97 Å². The molecular weight excluding hydrogens is 348 g/mol. The van der Waals surface area contributed by atoms with E-state index in [9.17, 15) is 19.5 Å². The summed E-state index contributed by atoms with van der Waals surface area (Å²) in [5.74, 6) is -1.73. The quantitative estimate of drug-likeness (QED) is 0.708. The van der Waals surface area contributed by atoms with Crippen LogP contribution in [0.5, 0.6) is 0 Å². The van der Waals surface area contributed by atoms with Crippen molar-refractivity contribution >= 4 is 22.8 Å². The number of hydrogen-bond acceptors (Lipinski definition) is 4. The van der Waals surface area contributed by atoms with Gasteiger partial charge in [0.05, 0.1) is 17.5 Å². The van der Waals surface area contributed by atoms with Gasteiger partial charge in [-0.1, -0.05) is 12.1 Å². The number of carbonyl (C=O) groups is 2. The molecule has 1 aromatic carbocycles. The van der Waals surface area contributed by atoms with Gasteiger partial charge in [0, 0.05) is 36.8 Å². The number of para-hydroxylation sites is 1. The second-order valence-corrected chi connectivity index (χ2v) is 6.88. The van der Waals surface area contributed by atoms with Crippen LogP contribution in [-0.2, 0) is 24.2 Å². The van der Waals surface area contributed by atoms with Crippen molar-refractivity contribution in [2.75, 3.05) is 6.54 Å². The van der Waals surface area contributed by atoms with Gasteiger partial charge in [-0.25, -0.2) is 9.78 Å². The minimum atomic E-state index is -1.20. The van der Waals surface area contributed by atoms with Gasteiger partial charge in [0.25, 0.3) is 5.91 Å². The van der Waals surface area contributed by atoms with Gasteiger partial charge in [-0.15, -0.1) is 0 Å². The Morgan fingerprint density at radius 3 is 2.89 bits per heavy atom. The van der Waals surface area contributed by atoms with Crippen LogP contribution in [0, 0.1) is 0 Å². The molecule has 0 spiro atoms. The van der Waals surface area contributed by atoms with E-state index in [1.54, 1.807) is 12.3 Å². The molecule has 27 heavy (non-hydrogen) atoms. The SMILES string of the molecule is O=C(O)[C@@H]1c2nc[nH]c2CCN1C(=O)c1cn2c3c(cccc3c1=O)CC2. The summed E-state index contributed by atoms with van der Waals surface area (Å²) in [5, 5.41) is 10.2. The van der Waals surface area contributed by atoms with Crippen LogP contribution in [-0.4, -0.2) is 43.0 Å². The van der Waals surface area contributed by atoms with Gasteiger partial charge in [-0.2, -0.15) is 0 Å². The topological polar surface area (TPSA) is 108 Å². The lowest BCUT2D eigenvalue weighted by Gasteiger charge is -2.32. The molecule has 0 radical (unpaired) electrons. The number of H-pyrrole nitrogens is 1. The minimum Gasteiger partial charge on any atom is -0.479 e. The van der Waals surface area contributed by atoms with Gasteiger partial charge < -0.3 is 19.6 Å². The van der Waals surface area contributed by atoms with Gasteiger partial charge in [0.2, 0.25) is 5.43 Å². The van der Waals surface area contributed by atoms with Crippen molar-refractivity contribution in [3.8, 4) is 0 Å². The molecule has 3 aromatic rings. The Labute approximate surface area is 153 Å². The molecule has 8 heteroatoms. The molecule has 0 saturated heterocycles. The number of aryl methyl sites for hydroxylation is 2. The van der Waals surface area contributed by atoms with Crippen LogP contribution < -0.4 is 5.43 Å². The summed E-state index contributed by atoms with van der Waals surface area (Å²) in [5.41, 5.74) is 2.65. The molecule has 0 fully saturated rings. The number of amides is 1. The number of nitrogens with zero attached hydrogens (tertiary/aromatic N) is 3. The number of fused-ring (bicyclic) bond motifs is 1. The fraction of sp³-hybridized carbons (Fsp3) is 0.263. The zero-order valence-corrected chi connectivity index (χ0v) is 14.3. The maximum atomic E-state index is 13.2. The zero-order valence-electron chi connectivity index (χ0n) is 14.3. The maximum absolute atomic E-state index is 13.2. The largest absolute Gasteiger partial charge is 0.479 e. The molecule has 4 heterocycles. The lowest BCUT2D eigenvalue weighted by atomic mass is 10.0. The molecule has 0 unspecified atom stereocenters. The average Bonchev–Trinajstić information content (AvgIpc) is 3.30. The van der Waals surface area contributed by atoms with E-state index in [1.807, 2.05) is 16.7 Å². The standard InChI is InChI=1S/C19H16N4O4/c24-17-11-3-1-2-10-4-6-22(15(10)11)8-12(17)18(25)23-7-5-13-14(21-9-20-13)16(23)19(26)27/h1-3,8-9,16H,4-7H2,(H,20,21)(H,26,27)/t16-/m0/s1.